The standard InChI is InChI=1S/C42H50N4O4/c1-6-24-16-23-20-42(41(48)50-5)38-28(14-15-46(21-23)39(24)42)31-17-26(12-13-34(31)44-38)30-18-29-25(7-2)22-45(3)35(36(29)40(47)49-4)19-32-27-10-8-9-11-33(27)43-37(30)32/h7-13,17,23-24,29-30,35-36,39,43-44H,6,14-16,18-22H2,1-5H3/b25-7-/t23-,24+,29+,30-,35+,36+,39+,42-/m1/s1. The van der Waals surface area contributed by atoms with Gasteiger partial charge in [-0.1, -0.05) is 49.3 Å². The largest absolute Gasteiger partial charge is 0.469 e. The Labute approximate surface area is 294 Å². The minimum Gasteiger partial charge on any atom is -0.469 e. The van der Waals surface area contributed by atoms with E-state index >= 15 is 0 Å². The van der Waals surface area contributed by atoms with Gasteiger partial charge >= 0.3 is 11.9 Å². The van der Waals surface area contributed by atoms with E-state index in [1.54, 1.807) is 7.11 Å². The molecule has 2 N–H and O–H groups in total. The van der Waals surface area contributed by atoms with E-state index in [0.29, 0.717) is 11.8 Å². The summed E-state index contributed by atoms with van der Waals surface area (Å²) in [4.78, 5) is 40.6. The highest BCUT2D eigenvalue weighted by Crippen LogP contribution is 2.56. The Morgan fingerprint density at radius 2 is 1.84 bits per heavy atom. The molecule has 50 heavy (non-hydrogen) atoms. The van der Waals surface area contributed by atoms with E-state index in [-0.39, 0.29) is 41.8 Å². The first-order chi connectivity index (χ1) is 24.3. The molecule has 1 saturated carbocycles. The van der Waals surface area contributed by atoms with Gasteiger partial charge in [-0.15, -0.1) is 0 Å². The molecule has 4 aromatic rings. The predicted octanol–water partition coefficient (Wildman–Crippen LogP) is 6.48. The molecule has 262 valence electrons. The monoisotopic (exact) mass is 674 g/mol. The molecule has 0 amide bonds. The molecule has 3 saturated heterocycles. The Morgan fingerprint density at radius 3 is 2.62 bits per heavy atom. The highest BCUT2D eigenvalue weighted by Gasteiger charge is 2.62. The molecule has 6 heterocycles. The van der Waals surface area contributed by atoms with Crippen LogP contribution in [-0.2, 0) is 37.3 Å². The van der Waals surface area contributed by atoms with Crippen molar-refractivity contribution < 1.29 is 19.1 Å². The van der Waals surface area contributed by atoms with Crippen LogP contribution in [0.3, 0.4) is 0 Å². The summed E-state index contributed by atoms with van der Waals surface area (Å²) >= 11 is 0. The molecular weight excluding hydrogens is 624 g/mol. The minimum absolute atomic E-state index is 0.0455. The molecule has 4 aliphatic heterocycles. The molecule has 1 unspecified atom stereocenters. The van der Waals surface area contributed by atoms with Crippen LogP contribution in [0.5, 0.6) is 0 Å². The highest BCUT2D eigenvalue weighted by atomic mass is 16.5. The number of likely N-dealkylation sites (tertiary alicyclic amines) is 1. The number of likely N-dealkylation sites (N-methyl/N-ethyl adjacent to an activating group) is 1. The van der Waals surface area contributed by atoms with Gasteiger partial charge in [-0.25, -0.2) is 0 Å². The third kappa shape index (κ3) is 4.43. The van der Waals surface area contributed by atoms with E-state index in [9.17, 15) is 9.59 Å². The molecule has 0 spiro atoms. The van der Waals surface area contributed by atoms with Crippen LogP contribution in [0.15, 0.2) is 54.1 Å². The lowest BCUT2D eigenvalue weighted by Gasteiger charge is -2.57. The maximum Gasteiger partial charge on any atom is 0.319 e. The second-order valence-electron chi connectivity index (χ2n) is 16.0. The van der Waals surface area contributed by atoms with E-state index in [1.165, 1.54) is 52.3 Å². The number of benzene rings is 2. The number of H-pyrrole nitrogens is 2. The number of methoxy groups -OCH3 is 2. The SMILES string of the molecule is C/C=C1/CN(C)[C@H]2Cc3c([nH]c4ccccc34)[C@@H](c3ccc4[nH]c5c(c4c3)CCN3C[C@@H]4C[C@H](CC)[C@H]3[C@@]5(C(=O)OC)C4)C[C@@H]1[C@@H]2C(=O)OC. The molecule has 2 aromatic carbocycles. The summed E-state index contributed by atoms with van der Waals surface area (Å²) in [6.45, 7) is 7.27. The Kier molecular flexibility index (Phi) is 7.59. The number of rotatable bonds is 4. The van der Waals surface area contributed by atoms with E-state index < -0.39 is 5.41 Å². The van der Waals surface area contributed by atoms with Crippen LogP contribution in [0.2, 0.25) is 0 Å². The van der Waals surface area contributed by atoms with Crippen molar-refractivity contribution in [3.8, 4) is 0 Å². The third-order valence-electron chi connectivity index (χ3n) is 13.9. The molecular formula is C42H50N4O4. The summed E-state index contributed by atoms with van der Waals surface area (Å²) in [5.74, 6) is 0.629. The molecule has 6 aliphatic rings. The number of piperidine rings is 3. The summed E-state index contributed by atoms with van der Waals surface area (Å²) in [7, 11) is 5.25. The zero-order chi connectivity index (χ0) is 34.5. The van der Waals surface area contributed by atoms with E-state index in [1.807, 2.05) is 0 Å². The van der Waals surface area contributed by atoms with Crippen molar-refractivity contribution in [3.63, 3.8) is 0 Å². The molecule has 9 atom stereocenters. The normalized spacial score (nSPS) is 34.1. The number of carbonyl (C=O) groups excluding carboxylic acids is 2. The lowest BCUT2D eigenvalue weighted by Crippen LogP contribution is -2.67. The number of ether oxygens (including phenoxy) is 2. The molecule has 8 nitrogen and oxygen atoms in total. The lowest BCUT2D eigenvalue weighted by molar-refractivity contribution is -0.162. The molecule has 2 aliphatic carbocycles. The van der Waals surface area contributed by atoms with Crippen LogP contribution in [0.4, 0.5) is 0 Å². The minimum atomic E-state index is -0.677. The first-order valence-electron chi connectivity index (χ1n) is 18.8. The van der Waals surface area contributed by atoms with E-state index in [4.69, 9.17) is 9.47 Å². The maximum atomic E-state index is 14.1. The van der Waals surface area contributed by atoms with Crippen LogP contribution >= 0.6 is 0 Å². The predicted molar refractivity (Wildman–Crippen MR) is 195 cm³/mol. The molecule has 6 bridgehead atoms. The van der Waals surface area contributed by atoms with Gasteiger partial charge < -0.3 is 19.4 Å². The number of carbonyl (C=O) groups is 2. The van der Waals surface area contributed by atoms with Gasteiger partial charge in [-0.2, -0.15) is 0 Å². The van der Waals surface area contributed by atoms with Crippen LogP contribution in [0, 0.1) is 23.7 Å². The highest BCUT2D eigenvalue weighted by molar-refractivity contribution is 5.92. The maximum absolute atomic E-state index is 14.1. The number of allylic oxidation sites excluding steroid dienone is 1. The van der Waals surface area contributed by atoms with E-state index in [0.717, 1.165) is 68.5 Å². The number of para-hydroxylation sites is 1. The molecule has 4 fully saturated rings. The van der Waals surface area contributed by atoms with Gasteiger partial charge in [-0.3, -0.25) is 19.4 Å². The fourth-order valence-electron chi connectivity index (χ4n) is 11.8. The van der Waals surface area contributed by atoms with Gasteiger partial charge in [0.25, 0.3) is 0 Å². The van der Waals surface area contributed by atoms with Crippen molar-refractivity contribution in [2.24, 2.45) is 23.7 Å². The van der Waals surface area contributed by atoms with E-state index in [2.05, 4.69) is 89.2 Å². The summed E-state index contributed by atoms with van der Waals surface area (Å²) < 4.78 is 11.2. The number of nitrogens with zero attached hydrogens (tertiary/aromatic N) is 2. The third-order valence-corrected chi connectivity index (χ3v) is 13.9. The Balaban J connectivity index is 1.24. The van der Waals surface area contributed by atoms with Crippen molar-refractivity contribution in [2.45, 2.75) is 75.8 Å². The average molecular weight is 675 g/mol. The van der Waals surface area contributed by atoms with Crippen LogP contribution < -0.4 is 0 Å². The number of esters is 2. The summed E-state index contributed by atoms with van der Waals surface area (Å²) in [5, 5.41) is 2.45. The van der Waals surface area contributed by atoms with Crippen molar-refractivity contribution in [1.29, 1.82) is 0 Å². The molecule has 10 rings (SSSR count). The van der Waals surface area contributed by atoms with Gasteiger partial charge in [-0.05, 0) is 98.7 Å². The quantitative estimate of drug-likeness (QED) is 0.190. The van der Waals surface area contributed by atoms with Crippen molar-refractivity contribution in [2.75, 3.05) is 40.9 Å². The summed E-state index contributed by atoms with van der Waals surface area (Å²) in [5.41, 5.74) is 9.04. The number of aromatic nitrogens is 2. The second kappa shape index (κ2) is 11.8. The van der Waals surface area contributed by atoms with Crippen molar-refractivity contribution in [3.05, 3.63) is 82.2 Å². The second-order valence-corrected chi connectivity index (χ2v) is 16.0. The summed E-state index contributed by atoms with van der Waals surface area (Å²) in [6.07, 6.45) is 7.84. The van der Waals surface area contributed by atoms with Crippen LogP contribution in [0.25, 0.3) is 21.8 Å². The first kappa shape index (κ1) is 32.1. The Morgan fingerprint density at radius 1 is 1.02 bits per heavy atom. The van der Waals surface area contributed by atoms with Crippen molar-refractivity contribution in [1.82, 2.24) is 19.8 Å². The summed E-state index contributed by atoms with van der Waals surface area (Å²) in [6, 6.07) is 15.8. The van der Waals surface area contributed by atoms with Gasteiger partial charge in [0.05, 0.1) is 20.1 Å². The molecule has 0 radical (unpaired) electrons. The van der Waals surface area contributed by atoms with Crippen LogP contribution in [-0.4, -0.2) is 84.7 Å². The Hall–Kier alpha value is -3.88. The van der Waals surface area contributed by atoms with Crippen LogP contribution in [0.1, 0.15) is 73.5 Å². The lowest BCUT2D eigenvalue weighted by atomic mass is 9.56. The first-order valence-corrected chi connectivity index (χ1v) is 18.8. The Bertz CT molecular complexity index is 2040. The molecule has 8 heteroatoms. The zero-order valence-corrected chi connectivity index (χ0v) is 30.1. The fraction of sp³-hybridized carbons (Fsp3) is 0.524. The number of aromatic amines is 2. The van der Waals surface area contributed by atoms with Crippen molar-refractivity contribution >= 4 is 33.7 Å². The smallest absolute Gasteiger partial charge is 0.319 e. The number of hydrogen-bond donors (Lipinski definition) is 2. The van der Waals surface area contributed by atoms with Gasteiger partial charge in [0.1, 0.15) is 5.41 Å². The topological polar surface area (TPSA) is 90.7 Å². The fourth-order valence-corrected chi connectivity index (χ4v) is 11.8. The van der Waals surface area contributed by atoms with Gasteiger partial charge in [0.2, 0.25) is 0 Å². The number of fused-ring (bicyclic) bond motifs is 9. The average Bonchev–Trinajstić information content (AvgIpc) is 3.67. The van der Waals surface area contributed by atoms with Gasteiger partial charge in [0.15, 0.2) is 0 Å². The number of nitrogens with one attached hydrogen (secondary N) is 2. The molecule has 2 aromatic heterocycles. The van der Waals surface area contributed by atoms with Gasteiger partial charge in [0, 0.05) is 70.8 Å². The zero-order valence-electron chi connectivity index (χ0n) is 30.1. The number of hydrogen-bond acceptors (Lipinski definition) is 6.